The summed E-state index contributed by atoms with van der Waals surface area (Å²) in [6.07, 6.45) is -0.0114. The zero-order valence-electron chi connectivity index (χ0n) is 10.2. The summed E-state index contributed by atoms with van der Waals surface area (Å²) in [6, 6.07) is 4.43. The Morgan fingerprint density at radius 3 is 3.00 bits per heavy atom. The van der Waals surface area contributed by atoms with Crippen molar-refractivity contribution < 1.29 is 14.3 Å². The molecule has 1 aromatic carbocycles. The van der Waals surface area contributed by atoms with Crippen LogP contribution >= 0.6 is 0 Å². The second-order valence-electron chi connectivity index (χ2n) is 4.65. The molecule has 1 aliphatic heterocycles. The lowest BCUT2D eigenvalue weighted by molar-refractivity contribution is -0.123. The number of carbonyl (C=O) groups excluding carboxylic acids is 1. The molecule has 1 amide bonds. The monoisotopic (exact) mass is 252 g/mol. The van der Waals surface area contributed by atoms with Crippen LogP contribution in [0, 0.1) is 12.7 Å². The first kappa shape index (κ1) is 13.0. The van der Waals surface area contributed by atoms with Crippen LogP contribution in [-0.4, -0.2) is 29.7 Å². The largest absolute Gasteiger partial charge is 0.392 e. The van der Waals surface area contributed by atoms with E-state index < -0.39 is 6.10 Å². The van der Waals surface area contributed by atoms with Crippen LogP contribution in [0.5, 0.6) is 0 Å². The average molecular weight is 252 g/mol. The molecule has 0 saturated carbocycles. The lowest BCUT2D eigenvalue weighted by atomic mass is 10.1. The van der Waals surface area contributed by atoms with Crippen molar-refractivity contribution in [1.29, 1.82) is 0 Å². The molecule has 2 atom stereocenters. The second-order valence-corrected chi connectivity index (χ2v) is 4.65. The van der Waals surface area contributed by atoms with Gasteiger partial charge in [-0.3, -0.25) is 4.79 Å². The Morgan fingerprint density at radius 2 is 2.39 bits per heavy atom. The van der Waals surface area contributed by atoms with Crippen molar-refractivity contribution >= 4 is 5.91 Å². The van der Waals surface area contributed by atoms with Crippen molar-refractivity contribution in [2.24, 2.45) is 0 Å². The highest BCUT2D eigenvalue weighted by Crippen LogP contribution is 2.10. The summed E-state index contributed by atoms with van der Waals surface area (Å²) in [5.74, 6) is -0.376. The van der Waals surface area contributed by atoms with Gasteiger partial charge < -0.3 is 15.7 Å². The summed E-state index contributed by atoms with van der Waals surface area (Å²) in [4.78, 5) is 11.8. The second kappa shape index (κ2) is 5.46. The zero-order valence-corrected chi connectivity index (χ0v) is 10.2. The van der Waals surface area contributed by atoms with Crippen molar-refractivity contribution in [3.05, 3.63) is 35.1 Å². The smallest absolute Gasteiger partial charge is 0.237 e. The van der Waals surface area contributed by atoms with E-state index in [0.29, 0.717) is 25.1 Å². The molecule has 5 heteroatoms. The highest BCUT2D eigenvalue weighted by molar-refractivity contribution is 5.82. The molecular formula is C13H17FN2O2. The Morgan fingerprint density at radius 1 is 1.61 bits per heavy atom. The summed E-state index contributed by atoms with van der Waals surface area (Å²) in [7, 11) is 0. The Balaban J connectivity index is 1.87. The predicted octanol–water partition coefficient (Wildman–Crippen LogP) is 0.473. The van der Waals surface area contributed by atoms with Crippen LogP contribution in [0.4, 0.5) is 4.39 Å². The fraction of sp³-hybridized carbons (Fsp3) is 0.462. The zero-order chi connectivity index (χ0) is 13.1. The van der Waals surface area contributed by atoms with E-state index in [1.807, 2.05) is 0 Å². The van der Waals surface area contributed by atoms with Crippen LogP contribution in [0.15, 0.2) is 18.2 Å². The number of amides is 1. The number of nitrogens with one attached hydrogen (secondary N) is 2. The quantitative estimate of drug-likeness (QED) is 0.733. The number of benzene rings is 1. The number of hydrogen-bond acceptors (Lipinski definition) is 3. The fourth-order valence-electron chi connectivity index (χ4n) is 2.05. The summed E-state index contributed by atoms with van der Waals surface area (Å²) in [5.41, 5.74) is 1.43. The third-order valence-corrected chi connectivity index (χ3v) is 3.11. The van der Waals surface area contributed by atoms with Gasteiger partial charge in [-0.05, 0) is 30.5 Å². The summed E-state index contributed by atoms with van der Waals surface area (Å²) >= 11 is 0. The molecule has 4 nitrogen and oxygen atoms in total. The Hall–Kier alpha value is -1.46. The first-order chi connectivity index (χ1) is 8.56. The van der Waals surface area contributed by atoms with E-state index in [4.69, 9.17) is 0 Å². The topological polar surface area (TPSA) is 61.4 Å². The number of halogens is 1. The number of hydrogen-bond donors (Lipinski definition) is 3. The van der Waals surface area contributed by atoms with Crippen LogP contribution in [0.25, 0.3) is 0 Å². The Labute approximate surface area is 105 Å². The molecule has 2 rings (SSSR count). The van der Waals surface area contributed by atoms with Crippen LogP contribution in [0.1, 0.15) is 17.5 Å². The number of carbonyl (C=O) groups is 1. The third kappa shape index (κ3) is 3.05. The van der Waals surface area contributed by atoms with Gasteiger partial charge in [0, 0.05) is 13.1 Å². The number of aliphatic hydroxyl groups excluding tert-OH is 1. The van der Waals surface area contributed by atoms with E-state index >= 15 is 0 Å². The number of rotatable bonds is 3. The molecular weight excluding hydrogens is 235 g/mol. The molecule has 0 radical (unpaired) electrons. The molecule has 0 bridgehead atoms. The fourth-order valence-corrected chi connectivity index (χ4v) is 2.05. The standard InChI is InChI=1S/C13H17FN2O2/c1-8-4-9(2-3-11(8)14)6-16-13(18)12-5-10(17)7-15-12/h2-4,10,12,15,17H,5-7H2,1H3,(H,16,18)/t10-,12+/m0/s1. The van der Waals surface area contributed by atoms with Gasteiger partial charge in [0.05, 0.1) is 12.1 Å². The minimum Gasteiger partial charge on any atom is -0.392 e. The van der Waals surface area contributed by atoms with Crippen molar-refractivity contribution in [3.8, 4) is 0 Å². The SMILES string of the molecule is Cc1cc(CNC(=O)[C@H]2C[C@H](O)CN2)ccc1F. The van der Waals surface area contributed by atoms with E-state index in [2.05, 4.69) is 10.6 Å². The minimum absolute atomic E-state index is 0.131. The van der Waals surface area contributed by atoms with E-state index in [0.717, 1.165) is 5.56 Å². The number of aryl methyl sites for hydroxylation is 1. The lowest BCUT2D eigenvalue weighted by Crippen LogP contribution is -2.40. The molecule has 1 aliphatic rings. The molecule has 1 heterocycles. The average Bonchev–Trinajstić information content (AvgIpc) is 2.77. The minimum atomic E-state index is -0.450. The highest BCUT2D eigenvalue weighted by Gasteiger charge is 2.27. The summed E-state index contributed by atoms with van der Waals surface area (Å²) in [6.45, 7) is 2.51. The van der Waals surface area contributed by atoms with E-state index in [1.54, 1.807) is 19.1 Å². The number of β-amino-alcohol motifs (C(OH)–C–C–N with tert-alkyl or cyclic N) is 1. The molecule has 1 aromatic rings. The number of aliphatic hydroxyl groups is 1. The van der Waals surface area contributed by atoms with Crippen LogP contribution in [-0.2, 0) is 11.3 Å². The van der Waals surface area contributed by atoms with Crippen molar-refractivity contribution in [1.82, 2.24) is 10.6 Å². The van der Waals surface area contributed by atoms with Crippen LogP contribution in [0.3, 0.4) is 0 Å². The van der Waals surface area contributed by atoms with E-state index in [-0.39, 0.29) is 17.8 Å². The predicted molar refractivity (Wildman–Crippen MR) is 65.4 cm³/mol. The van der Waals surface area contributed by atoms with Crippen molar-refractivity contribution in [2.75, 3.05) is 6.54 Å². The van der Waals surface area contributed by atoms with Crippen molar-refractivity contribution in [3.63, 3.8) is 0 Å². The van der Waals surface area contributed by atoms with E-state index in [9.17, 15) is 14.3 Å². The van der Waals surface area contributed by atoms with Gasteiger partial charge in [0.15, 0.2) is 0 Å². The molecule has 0 spiro atoms. The molecule has 0 unspecified atom stereocenters. The van der Waals surface area contributed by atoms with Crippen LogP contribution < -0.4 is 10.6 Å². The van der Waals surface area contributed by atoms with Gasteiger partial charge in [0.2, 0.25) is 5.91 Å². The van der Waals surface area contributed by atoms with Crippen LogP contribution in [0.2, 0.25) is 0 Å². The first-order valence-electron chi connectivity index (χ1n) is 6.00. The molecule has 3 N–H and O–H groups in total. The normalized spacial score (nSPS) is 23.1. The Bertz CT molecular complexity index is 451. The first-order valence-corrected chi connectivity index (χ1v) is 6.00. The maximum atomic E-state index is 13.1. The third-order valence-electron chi connectivity index (χ3n) is 3.11. The molecule has 1 fully saturated rings. The molecule has 0 aromatic heterocycles. The molecule has 0 aliphatic carbocycles. The van der Waals surface area contributed by atoms with Gasteiger partial charge in [0.25, 0.3) is 0 Å². The van der Waals surface area contributed by atoms with Gasteiger partial charge in [0.1, 0.15) is 5.82 Å². The van der Waals surface area contributed by atoms with Gasteiger partial charge in [-0.2, -0.15) is 0 Å². The van der Waals surface area contributed by atoms with Gasteiger partial charge in [-0.1, -0.05) is 12.1 Å². The summed E-state index contributed by atoms with van der Waals surface area (Å²) < 4.78 is 13.1. The highest BCUT2D eigenvalue weighted by atomic mass is 19.1. The molecule has 18 heavy (non-hydrogen) atoms. The Kier molecular flexibility index (Phi) is 3.93. The van der Waals surface area contributed by atoms with Crippen molar-refractivity contribution in [2.45, 2.75) is 32.0 Å². The van der Waals surface area contributed by atoms with Gasteiger partial charge >= 0.3 is 0 Å². The summed E-state index contributed by atoms with van der Waals surface area (Å²) in [5, 5.41) is 15.0. The maximum Gasteiger partial charge on any atom is 0.237 e. The molecule has 1 saturated heterocycles. The lowest BCUT2D eigenvalue weighted by Gasteiger charge is -2.11. The maximum absolute atomic E-state index is 13.1. The van der Waals surface area contributed by atoms with E-state index in [1.165, 1.54) is 6.07 Å². The molecule has 98 valence electrons. The van der Waals surface area contributed by atoms with Gasteiger partial charge in [-0.15, -0.1) is 0 Å². The van der Waals surface area contributed by atoms with Gasteiger partial charge in [-0.25, -0.2) is 4.39 Å².